The van der Waals surface area contributed by atoms with Crippen molar-refractivity contribution in [2.75, 3.05) is 16.4 Å². The molecule has 0 spiro atoms. The summed E-state index contributed by atoms with van der Waals surface area (Å²) in [5.41, 5.74) is 4.17. The fraction of sp³-hybridized carbons (Fsp3) is 0.182. The summed E-state index contributed by atoms with van der Waals surface area (Å²) in [6, 6.07) is 14.9. The van der Waals surface area contributed by atoms with Gasteiger partial charge >= 0.3 is 0 Å². The first kappa shape index (κ1) is 22.6. The minimum atomic E-state index is -0.263. The smallest absolute Gasteiger partial charge is 0.257 e. The van der Waals surface area contributed by atoms with E-state index in [0.29, 0.717) is 21.5 Å². The number of benzene rings is 2. The van der Waals surface area contributed by atoms with Gasteiger partial charge in [-0.15, -0.1) is 16.4 Å². The second-order valence-corrected chi connectivity index (χ2v) is 8.84. The zero-order chi connectivity index (χ0) is 23.2. The van der Waals surface area contributed by atoms with Crippen LogP contribution in [0.25, 0.3) is 11.3 Å². The maximum absolute atomic E-state index is 12.6. The molecular formula is C22H21N7O2S2. The van der Waals surface area contributed by atoms with Gasteiger partial charge in [0.05, 0.1) is 11.4 Å². The van der Waals surface area contributed by atoms with Gasteiger partial charge in [0.25, 0.3) is 5.91 Å². The number of nitrogens with one attached hydrogen (secondary N) is 2. The summed E-state index contributed by atoms with van der Waals surface area (Å²) >= 11 is 2.61. The van der Waals surface area contributed by atoms with Gasteiger partial charge in [0, 0.05) is 29.2 Å². The number of nitrogens with zero attached hydrogens (tertiary/aromatic N) is 5. The topological polar surface area (TPSA) is 115 Å². The number of anilines is 2. The highest BCUT2D eigenvalue weighted by Gasteiger charge is 2.12. The van der Waals surface area contributed by atoms with Crippen molar-refractivity contribution in [3.8, 4) is 11.3 Å². The summed E-state index contributed by atoms with van der Waals surface area (Å²) in [5.74, 6) is -0.285. The minimum absolute atomic E-state index is 0.171. The molecule has 0 saturated carbocycles. The van der Waals surface area contributed by atoms with E-state index in [1.165, 1.54) is 33.3 Å². The monoisotopic (exact) mass is 479 g/mol. The molecule has 0 unspecified atom stereocenters. The molecule has 2 heterocycles. The lowest BCUT2D eigenvalue weighted by Gasteiger charge is -2.06. The number of aryl methyl sites for hydroxylation is 2. The van der Waals surface area contributed by atoms with Crippen LogP contribution in [-0.2, 0) is 18.3 Å². The molecular weight excluding hydrogens is 458 g/mol. The Labute approximate surface area is 198 Å². The van der Waals surface area contributed by atoms with E-state index in [1.807, 2.05) is 17.5 Å². The Morgan fingerprint density at radius 3 is 2.48 bits per heavy atom. The molecule has 11 heteroatoms. The standard InChI is InChI=1S/C22H21N7O2S2/c1-3-14-4-6-15(7-5-14)18-12-32-21(24-18)25-20(31)16-8-10-17(11-9-16)23-19(30)13-33-22-26-27-28-29(22)2/h4-12H,3,13H2,1-2H3,(H,23,30)(H,24,25,31). The SMILES string of the molecule is CCc1ccc(-c2csc(NC(=O)c3ccc(NC(=O)CSc4nnnn4C)cc3)n2)cc1. The van der Waals surface area contributed by atoms with Crippen molar-refractivity contribution in [1.29, 1.82) is 0 Å². The van der Waals surface area contributed by atoms with Gasteiger partial charge in [-0.05, 0) is 46.7 Å². The van der Waals surface area contributed by atoms with Gasteiger partial charge in [0.1, 0.15) is 0 Å². The molecule has 0 radical (unpaired) electrons. The fourth-order valence-corrected chi connectivity index (χ4v) is 4.28. The maximum atomic E-state index is 12.6. The van der Waals surface area contributed by atoms with Crippen LogP contribution in [0.2, 0.25) is 0 Å². The maximum Gasteiger partial charge on any atom is 0.257 e. The number of amides is 2. The van der Waals surface area contributed by atoms with E-state index >= 15 is 0 Å². The summed E-state index contributed by atoms with van der Waals surface area (Å²) in [6.45, 7) is 2.12. The highest BCUT2D eigenvalue weighted by atomic mass is 32.2. The van der Waals surface area contributed by atoms with Crippen molar-refractivity contribution >= 4 is 45.7 Å². The highest BCUT2D eigenvalue weighted by Crippen LogP contribution is 2.26. The molecule has 0 fully saturated rings. The first-order valence-electron chi connectivity index (χ1n) is 10.1. The van der Waals surface area contributed by atoms with E-state index < -0.39 is 0 Å². The number of hydrogen-bond donors (Lipinski definition) is 2. The Bertz CT molecular complexity index is 1250. The lowest BCUT2D eigenvalue weighted by Crippen LogP contribution is -2.15. The van der Waals surface area contributed by atoms with Crippen molar-refractivity contribution in [2.24, 2.45) is 7.05 Å². The van der Waals surface area contributed by atoms with E-state index in [9.17, 15) is 9.59 Å². The first-order chi connectivity index (χ1) is 16.0. The van der Waals surface area contributed by atoms with E-state index in [-0.39, 0.29) is 17.6 Å². The highest BCUT2D eigenvalue weighted by molar-refractivity contribution is 7.99. The molecule has 4 rings (SSSR count). The predicted octanol–water partition coefficient (Wildman–Crippen LogP) is 3.88. The molecule has 2 N–H and O–H groups in total. The first-order valence-corrected chi connectivity index (χ1v) is 12.0. The number of carbonyl (C=O) groups is 2. The quantitative estimate of drug-likeness (QED) is 0.369. The third-order valence-electron chi connectivity index (χ3n) is 4.73. The summed E-state index contributed by atoms with van der Waals surface area (Å²) in [5, 5.41) is 19.7. The van der Waals surface area contributed by atoms with Crippen LogP contribution in [0.4, 0.5) is 10.8 Å². The fourth-order valence-electron chi connectivity index (χ4n) is 2.92. The number of thioether (sulfide) groups is 1. The largest absolute Gasteiger partial charge is 0.325 e. The van der Waals surface area contributed by atoms with Crippen LogP contribution >= 0.6 is 23.1 Å². The molecule has 2 aromatic carbocycles. The third kappa shape index (κ3) is 5.82. The Morgan fingerprint density at radius 2 is 1.82 bits per heavy atom. The van der Waals surface area contributed by atoms with Crippen LogP contribution in [0, 0.1) is 0 Å². The van der Waals surface area contributed by atoms with Crippen LogP contribution in [-0.4, -0.2) is 42.8 Å². The lowest BCUT2D eigenvalue weighted by atomic mass is 10.1. The van der Waals surface area contributed by atoms with Gasteiger partial charge < -0.3 is 5.32 Å². The molecule has 4 aromatic rings. The van der Waals surface area contributed by atoms with Crippen molar-refractivity contribution < 1.29 is 9.59 Å². The van der Waals surface area contributed by atoms with Gasteiger partial charge in [0.2, 0.25) is 11.1 Å². The number of carbonyl (C=O) groups excluding carboxylic acids is 2. The van der Waals surface area contributed by atoms with Crippen molar-refractivity contribution in [3.63, 3.8) is 0 Å². The molecule has 0 aliphatic carbocycles. The second kappa shape index (κ2) is 10.4. The molecule has 9 nitrogen and oxygen atoms in total. The molecule has 2 amide bonds. The van der Waals surface area contributed by atoms with E-state index in [1.54, 1.807) is 31.3 Å². The van der Waals surface area contributed by atoms with E-state index in [0.717, 1.165) is 17.7 Å². The summed E-state index contributed by atoms with van der Waals surface area (Å²) < 4.78 is 1.50. The molecule has 168 valence electrons. The van der Waals surface area contributed by atoms with Gasteiger partial charge in [-0.1, -0.05) is 43.0 Å². The predicted molar refractivity (Wildman–Crippen MR) is 129 cm³/mol. The summed E-state index contributed by atoms with van der Waals surface area (Å²) in [6.07, 6.45) is 0.987. The van der Waals surface area contributed by atoms with Crippen molar-refractivity contribution in [1.82, 2.24) is 25.2 Å². The molecule has 0 saturated heterocycles. The van der Waals surface area contributed by atoms with Gasteiger partial charge in [0.15, 0.2) is 5.13 Å². The Morgan fingerprint density at radius 1 is 1.06 bits per heavy atom. The molecule has 0 atom stereocenters. The third-order valence-corrected chi connectivity index (χ3v) is 6.50. The summed E-state index contributed by atoms with van der Waals surface area (Å²) in [4.78, 5) is 29.2. The zero-order valence-corrected chi connectivity index (χ0v) is 19.6. The van der Waals surface area contributed by atoms with Crippen LogP contribution in [0.1, 0.15) is 22.8 Å². The van der Waals surface area contributed by atoms with Gasteiger partial charge in [-0.2, -0.15) is 0 Å². The van der Waals surface area contributed by atoms with Crippen molar-refractivity contribution in [3.05, 3.63) is 65.0 Å². The van der Waals surface area contributed by atoms with Crippen LogP contribution < -0.4 is 10.6 Å². The van der Waals surface area contributed by atoms with Crippen molar-refractivity contribution in [2.45, 2.75) is 18.5 Å². The molecule has 2 aromatic heterocycles. The Hall–Kier alpha value is -3.57. The molecule has 0 aliphatic heterocycles. The summed E-state index contributed by atoms with van der Waals surface area (Å²) in [7, 11) is 1.71. The Kier molecular flexibility index (Phi) is 7.10. The normalized spacial score (nSPS) is 10.7. The number of aromatic nitrogens is 5. The molecule has 0 aliphatic rings. The van der Waals surface area contributed by atoms with Gasteiger partial charge in [-0.25, -0.2) is 9.67 Å². The lowest BCUT2D eigenvalue weighted by molar-refractivity contribution is -0.113. The zero-order valence-electron chi connectivity index (χ0n) is 18.0. The average molecular weight is 480 g/mol. The number of thiazole rings is 1. The number of hydrogen-bond acceptors (Lipinski definition) is 8. The minimum Gasteiger partial charge on any atom is -0.325 e. The van der Waals surface area contributed by atoms with Crippen LogP contribution in [0.3, 0.4) is 0 Å². The average Bonchev–Trinajstić information content (AvgIpc) is 3.47. The van der Waals surface area contributed by atoms with Crippen LogP contribution in [0.5, 0.6) is 0 Å². The molecule has 0 bridgehead atoms. The van der Waals surface area contributed by atoms with E-state index in [4.69, 9.17) is 0 Å². The van der Waals surface area contributed by atoms with Crippen LogP contribution in [0.15, 0.2) is 59.1 Å². The van der Waals surface area contributed by atoms with E-state index in [2.05, 4.69) is 50.2 Å². The van der Waals surface area contributed by atoms with Gasteiger partial charge in [-0.3, -0.25) is 14.9 Å². The molecule has 33 heavy (non-hydrogen) atoms. The Balaban J connectivity index is 1.31. The number of rotatable bonds is 8. The second-order valence-electron chi connectivity index (χ2n) is 7.04. The number of tetrazole rings is 1.